The van der Waals surface area contributed by atoms with E-state index in [-0.39, 0.29) is 6.04 Å². The number of hydrogen-bond acceptors (Lipinski definition) is 4. The van der Waals surface area contributed by atoms with Gasteiger partial charge < -0.3 is 19.5 Å². The van der Waals surface area contributed by atoms with Gasteiger partial charge in [-0.05, 0) is 32.9 Å². The number of fused-ring (bicyclic) bond motifs is 1. The Morgan fingerprint density at radius 3 is 2.75 bits per heavy atom. The minimum atomic E-state index is 0.0620. The molecule has 0 fully saturated rings. The van der Waals surface area contributed by atoms with Crippen LogP contribution in [0.1, 0.15) is 31.0 Å². The molecule has 112 valence electrons. The molecule has 1 heterocycles. The standard InChI is InChI=1S/C15H22ClNO3/c1-4-19-13-8-11(16)10-6-7-18-9-12(17-3)14(10)15(13)20-5-2/h8,12,17H,4-7,9H2,1-3H3. The number of likely N-dealkylation sites (N-methyl/N-ethyl adjacent to an activating group) is 1. The minimum absolute atomic E-state index is 0.0620. The zero-order chi connectivity index (χ0) is 14.5. The molecule has 0 amide bonds. The Kier molecular flexibility index (Phi) is 5.52. The molecule has 0 aliphatic carbocycles. The van der Waals surface area contributed by atoms with Crippen molar-refractivity contribution in [3.63, 3.8) is 0 Å². The molecule has 1 aliphatic rings. The van der Waals surface area contributed by atoms with Gasteiger partial charge in [0.25, 0.3) is 0 Å². The summed E-state index contributed by atoms with van der Waals surface area (Å²) in [4.78, 5) is 0. The van der Waals surface area contributed by atoms with Crippen LogP contribution >= 0.6 is 11.6 Å². The highest BCUT2D eigenvalue weighted by Gasteiger charge is 2.27. The zero-order valence-electron chi connectivity index (χ0n) is 12.3. The van der Waals surface area contributed by atoms with Gasteiger partial charge in [0.05, 0.1) is 32.5 Å². The predicted octanol–water partition coefficient (Wildman–Crippen LogP) is 2.97. The number of halogens is 1. The molecule has 5 heteroatoms. The second kappa shape index (κ2) is 7.16. The van der Waals surface area contributed by atoms with Crippen LogP contribution in [0.15, 0.2) is 6.07 Å². The molecule has 0 saturated heterocycles. The van der Waals surface area contributed by atoms with Crippen molar-refractivity contribution in [2.75, 3.05) is 33.5 Å². The maximum absolute atomic E-state index is 6.43. The lowest BCUT2D eigenvalue weighted by atomic mass is 9.97. The molecule has 1 unspecified atom stereocenters. The van der Waals surface area contributed by atoms with E-state index in [1.54, 1.807) is 0 Å². The van der Waals surface area contributed by atoms with Crippen molar-refractivity contribution >= 4 is 11.6 Å². The SMILES string of the molecule is CCOc1cc(Cl)c2c(c1OCC)C(NC)COCC2. The van der Waals surface area contributed by atoms with Crippen molar-refractivity contribution in [2.24, 2.45) is 0 Å². The van der Waals surface area contributed by atoms with Crippen LogP contribution in [0.25, 0.3) is 0 Å². The summed E-state index contributed by atoms with van der Waals surface area (Å²) in [7, 11) is 1.92. The van der Waals surface area contributed by atoms with Crippen LogP contribution in [0.3, 0.4) is 0 Å². The molecule has 20 heavy (non-hydrogen) atoms. The summed E-state index contributed by atoms with van der Waals surface area (Å²) in [6, 6.07) is 1.92. The van der Waals surface area contributed by atoms with Crippen LogP contribution < -0.4 is 14.8 Å². The van der Waals surface area contributed by atoms with E-state index in [4.69, 9.17) is 25.8 Å². The highest BCUT2D eigenvalue weighted by molar-refractivity contribution is 6.31. The van der Waals surface area contributed by atoms with Gasteiger partial charge in [-0.15, -0.1) is 0 Å². The molecule has 1 aromatic carbocycles. The van der Waals surface area contributed by atoms with Crippen LogP contribution in [0.2, 0.25) is 5.02 Å². The van der Waals surface area contributed by atoms with Gasteiger partial charge in [0, 0.05) is 16.7 Å². The first-order chi connectivity index (χ1) is 9.72. The van der Waals surface area contributed by atoms with E-state index in [9.17, 15) is 0 Å². The van der Waals surface area contributed by atoms with Crippen LogP contribution in [0.4, 0.5) is 0 Å². The Labute approximate surface area is 125 Å². The molecule has 0 aromatic heterocycles. The lowest BCUT2D eigenvalue weighted by Crippen LogP contribution is -2.22. The second-order valence-corrected chi connectivity index (χ2v) is 5.02. The van der Waals surface area contributed by atoms with Gasteiger partial charge >= 0.3 is 0 Å². The molecule has 1 aromatic rings. The Hall–Kier alpha value is -0.970. The topological polar surface area (TPSA) is 39.7 Å². The molecule has 4 nitrogen and oxygen atoms in total. The van der Waals surface area contributed by atoms with Gasteiger partial charge in [-0.1, -0.05) is 11.6 Å². The lowest BCUT2D eigenvalue weighted by molar-refractivity contribution is 0.123. The summed E-state index contributed by atoms with van der Waals surface area (Å²) < 4.78 is 17.2. The Morgan fingerprint density at radius 1 is 1.35 bits per heavy atom. The van der Waals surface area contributed by atoms with E-state index in [0.29, 0.717) is 32.2 Å². The summed E-state index contributed by atoms with van der Waals surface area (Å²) >= 11 is 6.43. The molecule has 0 bridgehead atoms. The maximum Gasteiger partial charge on any atom is 0.166 e. The second-order valence-electron chi connectivity index (χ2n) is 4.61. The van der Waals surface area contributed by atoms with Crippen molar-refractivity contribution in [3.8, 4) is 11.5 Å². The van der Waals surface area contributed by atoms with Crippen molar-refractivity contribution in [3.05, 3.63) is 22.2 Å². The summed E-state index contributed by atoms with van der Waals surface area (Å²) in [5, 5.41) is 4.00. The highest BCUT2D eigenvalue weighted by atomic mass is 35.5. The molecule has 0 saturated carbocycles. The predicted molar refractivity (Wildman–Crippen MR) is 80.1 cm³/mol. The number of hydrogen-bond donors (Lipinski definition) is 1. The van der Waals surface area contributed by atoms with E-state index in [1.807, 2.05) is 27.0 Å². The summed E-state index contributed by atoms with van der Waals surface area (Å²) in [6.07, 6.45) is 0.791. The van der Waals surface area contributed by atoms with Crippen molar-refractivity contribution in [1.29, 1.82) is 0 Å². The van der Waals surface area contributed by atoms with Gasteiger partial charge in [0.1, 0.15) is 0 Å². The van der Waals surface area contributed by atoms with E-state index < -0.39 is 0 Å². The molecular weight excluding hydrogens is 278 g/mol. The molecule has 0 spiro atoms. The Bertz CT molecular complexity index is 465. The quantitative estimate of drug-likeness (QED) is 0.907. The molecule has 1 N–H and O–H groups in total. The molecule has 1 atom stereocenters. The molecule has 0 radical (unpaired) electrons. The first kappa shape index (κ1) is 15.4. The van der Waals surface area contributed by atoms with Crippen LogP contribution in [0, 0.1) is 0 Å². The van der Waals surface area contributed by atoms with E-state index in [2.05, 4.69) is 5.32 Å². The average Bonchev–Trinajstić information content (AvgIpc) is 2.66. The van der Waals surface area contributed by atoms with Gasteiger partial charge in [-0.25, -0.2) is 0 Å². The van der Waals surface area contributed by atoms with Gasteiger partial charge in [0.15, 0.2) is 11.5 Å². The third kappa shape index (κ3) is 3.03. The first-order valence-electron chi connectivity index (χ1n) is 7.08. The summed E-state index contributed by atoms with van der Waals surface area (Å²) in [5.74, 6) is 1.50. The number of rotatable bonds is 5. The molecule has 2 rings (SSSR count). The highest BCUT2D eigenvalue weighted by Crippen LogP contribution is 2.43. The largest absolute Gasteiger partial charge is 0.490 e. The third-order valence-electron chi connectivity index (χ3n) is 3.41. The van der Waals surface area contributed by atoms with E-state index in [0.717, 1.165) is 28.3 Å². The number of nitrogens with one attached hydrogen (secondary N) is 1. The third-order valence-corrected chi connectivity index (χ3v) is 3.74. The fraction of sp³-hybridized carbons (Fsp3) is 0.600. The van der Waals surface area contributed by atoms with E-state index in [1.165, 1.54) is 0 Å². The molecular formula is C15H22ClNO3. The first-order valence-corrected chi connectivity index (χ1v) is 7.46. The minimum Gasteiger partial charge on any atom is -0.490 e. The van der Waals surface area contributed by atoms with Gasteiger partial charge in [0.2, 0.25) is 0 Å². The lowest BCUT2D eigenvalue weighted by Gasteiger charge is -2.23. The normalized spacial score (nSPS) is 18.3. The average molecular weight is 300 g/mol. The van der Waals surface area contributed by atoms with Crippen molar-refractivity contribution in [1.82, 2.24) is 5.32 Å². The maximum atomic E-state index is 6.43. The van der Waals surface area contributed by atoms with Crippen molar-refractivity contribution < 1.29 is 14.2 Å². The Morgan fingerprint density at radius 2 is 2.10 bits per heavy atom. The monoisotopic (exact) mass is 299 g/mol. The number of benzene rings is 1. The van der Waals surface area contributed by atoms with Crippen LogP contribution in [-0.2, 0) is 11.2 Å². The summed E-state index contributed by atoms with van der Waals surface area (Å²) in [5.41, 5.74) is 2.17. The van der Waals surface area contributed by atoms with E-state index >= 15 is 0 Å². The number of ether oxygens (including phenoxy) is 3. The Balaban J connectivity index is 2.60. The fourth-order valence-electron chi connectivity index (χ4n) is 2.53. The fourth-order valence-corrected chi connectivity index (χ4v) is 2.83. The van der Waals surface area contributed by atoms with Crippen molar-refractivity contribution in [2.45, 2.75) is 26.3 Å². The molecule has 1 aliphatic heterocycles. The van der Waals surface area contributed by atoms with Crippen LogP contribution in [-0.4, -0.2) is 33.5 Å². The smallest absolute Gasteiger partial charge is 0.166 e. The summed E-state index contributed by atoms with van der Waals surface area (Å²) in [6.45, 7) is 6.37. The van der Waals surface area contributed by atoms with Gasteiger partial charge in [-0.2, -0.15) is 0 Å². The zero-order valence-corrected chi connectivity index (χ0v) is 13.0. The van der Waals surface area contributed by atoms with Gasteiger partial charge in [-0.3, -0.25) is 0 Å². The van der Waals surface area contributed by atoms with Crippen LogP contribution in [0.5, 0.6) is 11.5 Å².